The van der Waals surface area contributed by atoms with Crippen molar-refractivity contribution in [2.75, 3.05) is 44.1 Å². The van der Waals surface area contributed by atoms with Crippen LogP contribution in [0.3, 0.4) is 0 Å². The zero-order valence-electron chi connectivity index (χ0n) is 15.8. The minimum absolute atomic E-state index is 0.211. The van der Waals surface area contributed by atoms with Gasteiger partial charge in [0.25, 0.3) is 0 Å². The number of piperidine rings is 1. The van der Waals surface area contributed by atoms with Crippen molar-refractivity contribution in [3.63, 3.8) is 0 Å². The molecule has 0 radical (unpaired) electrons. The highest BCUT2D eigenvalue weighted by Crippen LogP contribution is 2.29. The molecule has 1 aliphatic heterocycles. The molecular weight excluding hydrogens is 344 g/mol. The van der Waals surface area contributed by atoms with Crippen LogP contribution in [0.2, 0.25) is 0 Å². The highest BCUT2D eigenvalue weighted by molar-refractivity contribution is 5.89. The van der Waals surface area contributed by atoms with Crippen LogP contribution in [0.4, 0.5) is 16.2 Å². The molecule has 2 amide bonds. The van der Waals surface area contributed by atoms with Gasteiger partial charge in [0.1, 0.15) is 0 Å². The van der Waals surface area contributed by atoms with E-state index in [-0.39, 0.29) is 6.03 Å². The molecule has 1 aromatic carbocycles. The maximum Gasteiger partial charge on any atom is 0.319 e. The second-order valence-electron chi connectivity index (χ2n) is 6.55. The molecule has 0 saturated carbocycles. The number of hydrogen-bond donors (Lipinski definition) is 2. The summed E-state index contributed by atoms with van der Waals surface area (Å²) in [6, 6.07) is 9.13. The van der Waals surface area contributed by atoms with Crippen LogP contribution in [0.1, 0.15) is 12.8 Å². The summed E-state index contributed by atoms with van der Waals surface area (Å²) in [6.45, 7) is 2.63. The number of pyridine rings is 1. The third-order valence-electron chi connectivity index (χ3n) is 4.82. The van der Waals surface area contributed by atoms with Crippen molar-refractivity contribution in [1.29, 1.82) is 0 Å². The third kappa shape index (κ3) is 5.03. The fourth-order valence-corrected chi connectivity index (χ4v) is 3.26. The van der Waals surface area contributed by atoms with Gasteiger partial charge in [-0.25, -0.2) is 4.79 Å². The molecule has 1 fully saturated rings. The smallest absolute Gasteiger partial charge is 0.319 e. The van der Waals surface area contributed by atoms with E-state index in [1.807, 2.05) is 12.3 Å². The van der Waals surface area contributed by atoms with Gasteiger partial charge in [-0.05, 0) is 43.0 Å². The van der Waals surface area contributed by atoms with Crippen LogP contribution < -0.4 is 25.0 Å². The molecule has 1 aromatic heterocycles. The molecule has 1 aliphatic rings. The predicted molar refractivity (Wildman–Crippen MR) is 106 cm³/mol. The van der Waals surface area contributed by atoms with Crippen molar-refractivity contribution < 1.29 is 14.3 Å². The van der Waals surface area contributed by atoms with Crippen LogP contribution in [0.25, 0.3) is 0 Å². The Kier molecular flexibility index (Phi) is 6.35. The third-order valence-corrected chi connectivity index (χ3v) is 4.82. The number of urea groups is 1. The fourth-order valence-electron chi connectivity index (χ4n) is 3.26. The largest absolute Gasteiger partial charge is 0.493 e. The van der Waals surface area contributed by atoms with Gasteiger partial charge in [0.2, 0.25) is 0 Å². The number of methoxy groups -OCH3 is 2. The van der Waals surface area contributed by atoms with Crippen molar-refractivity contribution in [3.8, 4) is 11.5 Å². The molecule has 0 aliphatic carbocycles. The van der Waals surface area contributed by atoms with Gasteiger partial charge < -0.3 is 25.0 Å². The number of anilines is 2. The lowest BCUT2D eigenvalue weighted by atomic mass is 9.96. The topological polar surface area (TPSA) is 75.7 Å². The summed E-state index contributed by atoms with van der Waals surface area (Å²) in [6.07, 6.45) is 5.78. The molecule has 2 heterocycles. The first-order valence-electron chi connectivity index (χ1n) is 9.11. The maximum atomic E-state index is 12.2. The summed E-state index contributed by atoms with van der Waals surface area (Å²) in [7, 11) is 3.15. The number of nitrogens with one attached hydrogen (secondary N) is 2. The maximum absolute atomic E-state index is 12.2. The second kappa shape index (κ2) is 9.12. The molecule has 1 saturated heterocycles. The van der Waals surface area contributed by atoms with Crippen LogP contribution in [0.5, 0.6) is 11.5 Å². The highest BCUT2D eigenvalue weighted by Gasteiger charge is 2.20. The van der Waals surface area contributed by atoms with Gasteiger partial charge in [0.05, 0.1) is 26.1 Å². The van der Waals surface area contributed by atoms with Crippen molar-refractivity contribution in [2.45, 2.75) is 12.8 Å². The Morgan fingerprint density at radius 2 is 1.96 bits per heavy atom. The number of carbonyl (C=O) groups is 1. The summed E-state index contributed by atoms with van der Waals surface area (Å²) in [4.78, 5) is 18.7. The monoisotopic (exact) mass is 370 g/mol. The lowest BCUT2D eigenvalue weighted by Gasteiger charge is -2.33. The molecule has 0 bridgehead atoms. The Bertz CT molecular complexity index is 746. The van der Waals surface area contributed by atoms with Gasteiger partial charge in [0, 0.05) is 37.6 Å². The molecule has 0 unspecified atom stereocenters. The molecule has 27 heavy (non-hydrogen) atoms. The molecule has 0 spiro atoms. The summed E-state index contributed by atoms with van der Waals surface area (Å²) in [5.74, 6) is 1.69. The summed E-state index contributed by atoms with van der Waals surface area (Å²) in [5.41, 5.74) is 1.83. The summed E-state index contributed by atoms with van der Waals surface area (Å²) in [5, 5.41) is 5.81. The van der Waals surface area contributed by atoms with E-state index in [4.69, 9.17) is 9.47 Å². The van der Waals surface area contributed by atoms with Gasteiger partial charge in [-0.15, -0.1) is 0 Å². The van der Waals surface area contributed by atoms with E-state index in [9.17, 15) is 4.79 Å². The van der Waals surface area contributed by atoms with Gasteiger partial charge in [-0.1, -0.05) is 0 Å². The number of benzene rings is 1. The molecule has 144 valence electrons. The van der Waals surface area contributed by atoms with E-state index in [2.05, 4.69) is 26.6 Å². The number of aromatic nitrogens is 1. The molecule has 7 nitrogen and oxygen atoms in total. The number of nitrogens with zero attached hydrogens (tertiary/aromatic N) is 2. The summed E-state index contributed by atoms with van der Waals surface area (Å²) < 4.78 is 10.5. The molecule has 2 N–H and O–H groups in total. The highest BCUT2D eigenvalue weighted by atomic mass is 16.5. The first-order chi connectivity index (χ1) is 13.2. The van der Waals surface area contributed by atoms with E-state index in [0.717, 1.165) is 31.6 Å². The fraction of sp³-hybridized carbons (Fsp3) is 0.400. The Labute approximate surface area is 159 Å². The van der Waals surface area contributed by atoms with Crippen LogP contribution in [0, 0.1) is 5.92 Å². The van der Waals surface area contributed by atoms with E-state index in [1.54, 1.807) is 38.6 Å². The van der Waals surface area contributed by atoms with E-state index in [1.165, 1.54) is 0 Å². The normalized spacial score (nSPS) is 14.5. The van der Waals surface area contributed by atoms with E-state index >= 15 is 0 Å². The number of hydrogen-bond acceptors (Lipinski definition) is 5. The van der Waals surface area contributed by atoms with Crippen molar-refractivity contribution in [2.24, 2.45) is 5.92 Å². The van der Waals surface area contributed by atoms with Crippen molar-refractivity contribution >= 4 is 17.4 Å². The van der Waals surface area contributed by atoms with Crippen LogP contribution in [-0.4, -0.2) is 44.9 Å². The Hall–Kier alpha value is -2.96. The van der Waals surface area contributed by atoms with Gasteiger partial charge in [-0.2, -0.15) is 0 Å². The summed E-state index contributed by atoms with van der Waals surface area (Å²) >= 11 is 0. The van der Waals surface area contributed by atoms with Crippen molar-refractivity contribution in [3.05, 3.63) is 42.7 Å². The van der Waals surface area contributed by atoms with Gasteiger partial charge >= 0.3 is 6.03 Å². The number of amides is 2. The Morgan fingerprint density at radius 1 is 1.19 bits per heavy atom. The van der Waals surface area contributed by atoms with Crippen LogP contribution in [-0.2, 0) is 0 Å². The number of carbonyl (C=O) groups excluding carboxylic acids is 1. The molecule has 0 atom stereocenters. The van der Waals surface area contributed by atoms with Crippen LogP contribution in [0.15, 0.2) is 42.7 Å². The lowest BCUT2D eigenvalue weighted by molar-refractivity contribution is 0.248. The predicted octanol–water partition coefficient (Wildman–Crippen LogP) is 3.14. The Morgan fingerprint density at radius 3 is 2.63 bits per heavy atom. The number of ether oxygens (including phenoxy) is 2. The van der Waals surface area contributed by atoms with E-state index in [0.29, 0.717) is 29.6 Å². The first kappa shape index (κ1) is 18.8. The minimum Gasteiger partial charge on any atom is -0.493 e. The minimum atomic E-state index is -0.211. The number of rotatable bonds is 6. The molecule has 2 aromatic rings. The quantitative estimate of drug-likeness (QED) is 0.817. The zero-order chi connectivity index (χ0) is 19.1. The lowest BCUT2D eigenvalue weighted by Crippen LogP contribution is -2.39. The van der Waals surface area contributed by atoms with Gasteiger partial charge in [0.15, 0.2) is 11.5 Å². The standard InChI is InChI=1S/C20H26N4O3/c1-26-18-6-5-16(12-19(18)27-2)23-20(25)22-13-15-7-10-24(11-8-15)17-4-3-9-21-14-17/h3-6,9,12,14-15H,7-8,10-11,13H2,1-2H3,(H2,22,23,25). The average Bonchev–Trinajstić information content (AvgIpc) is 2.73. The first-order valence-corrected chi connectivity index (χ1v) is 9.11. The van der Waals surface area contributed by atoms with Crippen LogP contribution >= 0.6 is 0 Å². The SMILES string of the molecule is COc1ccc(NC(=O)NCC2CCN(c3cccnc3)CC2)cc1OC. The Balaban J connectivity index is 1.44. The molecule has 3 rings (SSSR count). The second-order valence-corrected chi connectivity index (χ2v) is 6.55. The van der Waals surface area contributed by atoms with E-state index < -0.39 is 0 Å². The van der Waals surface area contributed by atoms with Crippen molar-refractivity contribution in [1.82, 2.24) is 10.3 Å². The average molecular weight is 370 g/mol. The van der Waals surface area contributed by atoms with Gasteiger partial charge in [-0.3, -0.25) is 4.98 Å². The zero-order valence-corrected chi connectivity index (χ0v) is 15.8. The molecule has 7 heteroatoms. The molecular formula is C20H26N4O3.